The van der Waals surface area contributed by atoms with Crippen molar-refractivity contribution in [3.05, 3.63) is 63.7 Å². The predicted octanol–water partition coefficient (Wildman–Crippen LogP) is 3.29. The fourth-order valence-corrected chi connectivity index (χ4v) is 1.98. The lowest BCUT2D eigenvalue weighted by atomic mass is 10.3. The van der Waals surface area contributed by atoms with Gasteiger partial charge in [0.25, 0.3) is 11.6 Å². The quantitative estimate of drug-likeness (QED) is 0.626. The summed E-state index contributed by atoms with van der Waals surface area (Å²) in [6, 6.07) is 12.9. The van der Waals surface area contributed by atoms with Crippen molar-refractivity contribution < 1.29 is 14.5 Å². The molecule has 0 atom stereocenters. The number of likely N-dealkylation sites (N-methyl/N-ethyl adjacent to an activating group) is 1. The number of para-hydroxylation sites is 1. The first kappa shape index (κ1) is 15.8. The lowest BCUT2D eigenvalue weighted by Crippen LogP contribution is -2.31. The summed E-state index contributed by atoms with van der Waals surface area (Å²) in [6.45, 7) is -0.219. The van der Waals surface area contributed by atoms with Gasteiger partial charge in [0.1, 0.15) is 5.75 Å². The van der Waals surface area contributed by atoms with Crippen molar-refractivity contribution in [2.75, 3.05) is 18.6 Å². The van der Waals surface area contributed by atoms with Gasteiger partial charge in [0.2, 0.25) is 0 Å². The van der Waals surface area contributed by atoms with Gasteiger partial charge in [-0.05, 0) is 18.2 Å². The number of rotatable bonds is 5. The minimum atomic E-state index is -0.552. The molecule has 0 fully saturated rings. The van der Waals surface area contributed by atoms with Gasteiger partial charge in [-0.25, -0.2) is 0 Å². The largest absolute Gasteiger partial charge is 0.482 e. The number of nitro benzene ring substituents is 1. The minimum Gasteiger partial charge on any atom is -0.482 e. The molecule has 0 spiro atoms. The Morgan fingerprint density at radius 2 is 1.95 bits per heavy atom. The zero-order chi connectivity index (χ0) is 16.1. The number of carbonyl (C=O) groups excluding carboxylic acids is 1. The molecule has 2 aromatic rings. The minimum absolute atomic E-state index is 0.0874. The van der Waals surface area contributed by atoms with Crippen LogP contribution in [0.25, 0.3) is 0 Å². The molecule has 7 heteroatoms. The zero-order valence-electron chi connectivity index (χ0n) is 11.7. The van der Waals surface area contributed by atoms with E-state index in [1.165, 1.54) is 23.1 Å². The second kappa shape index (κ2) is 6.91. The number of halogens is 1. The average molecular weight is 321 g/mol. The molecule has 0 bridgehead atoms. The molecule has 2 rings (SSSR count). The Labute approximate surface area is 132 Å². The van der Waals surface area contributed by atoms with Crippen molar-refractivity contribution in [3.8, 4) is 5.75 Å². The Balaban J connectivity index is 2.01. The molecule has 0 saturated heterocycles. The van der Waals surface area contributed by atoms with Crippen molar-refractivity contribution in [3.63, 3.8) is 0 Å². The van der Waals surface area contributed by atoms with E-state index in [4.69, 9.17) is 16.3 Å². The Morgan fingerprint density at radius 3 is 2.55 bits per heavy atom. The van der Waals surface area contributed by atoms with Gasteiger partial charge in [-0.15, -0.1) is 0 Å². The fourth-order valence-electron chi connectivity index (χ4n) is 1.75. The van der Waals surface area contributed by atoms with E-state index in [9.17, 15) is 14.9 Å². The van der Waals surface area contributed by atoms with Crippen molar-refractivity contribution in [2.45, 2.75) is 0 Å². The molecule has 0 N–H and O–H groups in total. The summed E-state index contributed by atoms with van der Waals surface area (Å²) < 4.78 is 5.33. The topological polar surface area (TPSA) is 72.7 Å². The first-order chi connectivity index (χ1) is 10.5. The summed E-state index contributed by atoms with van der Waals surface area (Å²) in [5.41, 5.74) is 0.607. The highest BCUT2D eigenvalue weighted by molar-refractivity contribution is 6.32. The summed E-state index contributed by atoms with van der Waals surface area (Å²) in [4.78, 5) is 23.6. The van der Waals surface area contributed by atoms with Crippen LogP contribution in [0.3, 0.4) is 0 Å². The van der Waals surface area contributed by atoms with Gasteiger partial charge in [-0.2, -0.15) is 0 Å². The monoisotopic (exact) mass is 320 g/mol. The van der Waals surface area contributed by atoms with Crippen molar-refractivity contribution in [2.24, 2.45) is 0 Å². The van der Waals surface area contributed by atoms with Crippen LogP contribution < -0.4 is 9.64 Å². The Kier molecular flexibility index (Phi) is 4.95. The molecular weight excluding hydrogens is 308 g/mol. The number of hydrogen-bond donors (Lipinski definition) is 0. The Hall–Kier alpha value is -2.60. The van der Waals surface area contributed by atoms with Gasteiger partial charge in [-0.3, -0.25) is 14.9 Å². The molecule has 0 unspecified atom stereocenters. The van der Waals surface area contributed by atoms with Gasteiger partial charge in [-0.1, -0.05) is 29.8 Å². The molecule has 0 aliphatic rings. The second-order valence-corrected chi connectivity index (χ2v) is 4.86. The van der Waals surface area contributed by atoms with Gasteiger partial charge < -0.3 is 9.64 Å². The van der Waals surface area contributed by atoms with E-state index in [0.717, 1.165) is 5.69 Å². The van der Waals surface area contributed by atoms with Crippen LogP contribution in [0, 0.1) is 10.1 Å². The number of amides is 1. The second-order valence-electron chi connectivity index (χ2n) is 4.45. The number of anilines is 1. The van der Waals surface area contributed by atoms with E-state index in [0.29, 0.717) is 0 Å². The van der Waals surface area contributed by atoms with Crippen LogP contribution in [0.5, 0.6) is 5.75 Å². The van der Waals surface area contributed by atoms with Crippen LogP contribution in [-0.2, 0) is 4.79 Å². The summed E-state index contributed by atoms with van der Waals surface area (Å²) in [5, 5.41) is 10.7. The number of nitro groups is 1. The van der Waals surface area contributed by atoms with Gasteiger partial charge in [0.15, 0.2) is 6.61 Å². The maximum atomic E-state index is 12.1. The van der Waals surface area contributed by atoms with Crippen LogP contribution in [0.1, 0.15) is 0 Å². The van der Waals surface area contributed by atoms with E-state index in [2.05, 4.69) is 0 Å². The number of non-ortho nitro benzene ring substituents is 1. The lowest BCUT2D eigenvalue weighted by molar-refractivity contribution is -0.384. The predicted molar refractivity (Wildman–Crippen MR) is 83.5 cm³/mol. The first-order valence-corrected chi connectivity index (χ1v) is 6.75. The normalized spacial score (nSPS) is 10.1. The van der Waals surface area contributed by atoms with Crippen molar-refractivity contribution in [1.29, 1.82) is 0 Å². The summed E-state index contributed by atoms with van der Waals surface area (Å²) in [6.07, 6.45) is 0. The molecule has 6 nitrogen and oxygen atoms in total. The van der Waals surface area contributed by atoms with Crippen LogP contribution in [-0.4, -0.2) is 24.5 Å². The van der Waals surface area contributed by atoms with E-state index in [-0.39, 0.29) is 29.0 Å². The summed E-state index contributed by atoms with van der Waals surface area (Å²) >= 11 is 5.90. The van der Waals surface area contributed by atoms with Gasteiger partial charge >= 0.3 is 0 Å². The molecule has 1 amide bonds. The molecular formula is C15H13ClN2O4. The van der Waals surface area contributed by atoms with Gasteiger partial charge in [0.05, 0.1) is 9.95 Å². The lowest BCUT2D eigenvalue weighted by Gasteiger charge is -2.17. The molecule has 0 aliphatic carbocycles. The number of hydrogen-bond acceptors (Lipinski definition) is 4. The third-order valence-corrected chi connectivity index (χ3v) is 3.29. The first-order valence-electron chi connectivity index (χ1n) is 6.37. The smallest absolute Gasteiger partial charge is 0.271 e. The van der Waals surface area contributed by atoms with Gasteiger partial charge in [0, 0.05) is 24.9 Å². The molecule has 0 aliphatic heterocycles. The number of ether oxygens (including phenoxy) is 1. The number of benzene rings is 2. The summed E-state index contributed by atoms with van der Waals surface area (Å²) in [7, 11) is 1.64. The van der Waals surface area contributed by atoms with E-state index >= 15 is 0 Å². The molecule has 2 aromatic carbocycles. The molecule has 0 saturated carbocycles. The van der Waals surface area contributed by atoms with Crippen molar-refractivity contribution >= 4 is 28.9 Å². The van der Waals surface area contributed by atoms with Crippen LogP contribution in [0.2, 0.25) is 5.02 Å². The fraction of sp³-hybridized carbons (Fsp3) is 0.133. The molecule has 0 heterocycles. The highest BCUT2D eigenvalue weighted by atomic mass is 35.5. The highest BCUT2D eigenvalue weighted by Gasteiger charge is 2.14. The zero-order valence-corrected chi connectivity index (χ0v) is 12.5. The van der Waals surface area contributed by atoms with Crippen LogP contribution in [0.4, 0.5) is 11.4 Å². The third kappa shape index (κ3) is 3.73. The average Bonchev–Trinajstić information content (AvgIpc) is 2.53. The molecule has 22 heavy (non-hydrogen) atoms. The summed E-state index contributed by atoms with van der Waals surface area (Å²) in [5.74, 6) is -0.0392. The van der Waals surface area contributed by atoms with E-state index in [1.54, 1.807) is 19.2 Å². The maximum absolute atomic E-state index is 12.1. The highest BCUT2D eigenvalue weighted by Crippen LogP contribution is 2.28. The maximum Gasteiger partial charge on any atom is 0.271 e. The van der Waals surface area contributed by atoms with Crippen LogP contribution in [0.15, 0.2) is 48.5 Å². The number of nitrogens with zero attached hydrogens (tertiary/aromatic N) is 2. The Morgan fingerprint density at radius 1 is 1.27 bits per heavy atom. The van der Waals surface area contributed by atoms with Crippen molar-refractivity contribution in [1.82, 2.24) is 0 Å². The van der Waals surface area contributed by atoms with Crippen LogP contribution >= 0.6 is 11.6 Å². The van der Waals surface area contributed by atoms with E-state index in [1.807, 2.05) is 18.2 Å². The van der Waals surface area contributed by atoms with E-state index < -0.39 is 4.92 Å². The molecule has 114 valence electrons. The standard InChI is InChI=1S/C15H13ClN2O4/c1-17(11-5-3-2-4-6-11)15(19)10-22-14-8-7-12(18(20)21)9-13(14)16/h2-9H,10H2,1H3. The third-order valence-electron chi connectivity index (χ3n) is 3.00. The number of carbonyl (C=O) groups is 1. The molecule has 0 aromatic heterocycles. The Bertz CT molecular complexity index is 691. The molecule has 0 radical (unpaired) electrons. The SMILES string of the molecule is CN(C(=O)COc1ccc([N+](=O)[O-])cc1Cl)c1ccccc1.